The van der Waals surface area contributed by atoms with Crippen LogP contribution < -0.4 is 0 Å². The summed E-state index contributed by atoms with van der Waals surface area (Å²) >= 11 is 6.21. The van der Waals surface area contributed by atoms with E-state index < -0.39 is 11.9 Å². The lowest BCUT2D eigenvalue weighted by atomic mass is 9.97. The molecule has 2 heterocycles. The predicted octanol–water partition coefficient (Wildman–Crippen LogP) is 3.24. The number of carboxylic acids is 1. The molecule has 126 valence electrons. The van der Waals surface area contributed by atoms with Gasteiger partial charge in [-0.3, -0.25) is 9.59 Å². The zero-order valence-electron chi connectivity index (χ0n) is 13.2. The Morgan fingerprint density at radius 1 is 1.38 bits per heavy atom. The van der Waals surface area contributed by atoms with Gasteiger partial charge in [0.1, 0.15) is 17.0 Å². The molecule has 1 aliphatic rings. The summed E-state index contributed by atoms with van der Waals surface area (Å²) < 4.78 is 5.22. The third kappa shape index (κ3) is 3.01. The highest BCUT2D eigenvalue weighted by Crippen LogP contribution is 2.32. The predicted molar refractivity (Wildman–Crippen MR) is 87.9 cm³/mol. The second-order valence-corrected chi connectivity index (χ2v) is 6.28. The molecule has 1 amide bonds. The number of piperidine rings is 1. The van der Waals surface area contributed by atoms with E-state index >= 15 is 0 Å². The molecule has 0 unspecified atom stereocenters. The number of aryl methyl sites for hydroxylation is 1. The Morgan fingerprint density at radius 2 is 2.12 bits per heavy atom. The first kappa shape index (κ1) is 16.5. The third-order valence-electron chi connectivity index (χ3n) is 4.26. The minimum absolute atomic E-state index is 0.195. The fourth-order valence-electron chi connectivity index (χ4n) is 2.98. The van der Waals surface area contributed by atoms with Gasteiger partial charge in [0.2, 0.25) is 0 Å². The molecule has 1 saturated heterocycles. The number of amides is 1. The molecule has 1 aromatic carbocycles. The Hall–Kier alpha value is -2.34. The molecule has 1 atom stereocenters. The van der Waals surface area contributed by atoms with E-state index in [1.165, 1.54) is 0 Å². The molecule has 24 heavy (non-hydrogen) atoms. The Bertz CT molecular complexity index is 787. The van der Waals surface area contributed by atoms with E-state index in [-0.39, 0.29) is 12.5 Å². The molecule has 0 bridgehead atoms. The van der Waals surface area contributed by atoms with Crippen molar-refractivity contribution in [3.05, 3.63) is 40.6 Å². The maximum Gasteiger partial charge on any atom is 0.308 e. The van der Waals surface area contributed by atoms with Crippen LogP contribution in [0, 0.1) is 12.8 Å². The average Bonchev–Trinajstić information content (AvgIpc) is 2.96. The number of aliphatic carboxylic acids is 1. The lowest BCUT2D eigenvalue weighted by Gasteiger charge is -2.30. The molecule has 0 saturated carbocycles. The molecule has 3 rings (SSSR count). The topological polar surface area (TPSA) is 83.6 Å². The van der Waals surface area contributed by atoms with E-state index in [9.17, 15) is 14.7 Å². The van der Waals surface area contributed by atoms with Crippen molar-refractivity contribution in [3.8, 4) is 11.3 Å². The number of carbonyl (C=O) groups excluding carboxylic acids is 1. The van der Waals surface area contributed by atoms with Crippen LogP contribution in [-0.4, -0.2) is 40.1 Å². The fourth-order valence-corrected chi connectivity index (χ4v) is 3.21. The van der Waals surface area contributed by atoms with E-state index in [1.807, 2.05) is 0 Å². The Morgan fingerprint density at radius 3 is 2.83 bits per heavy atom. The van der Waals surface area contributed by atoms with Crippen LogP contribution in [0.5, 0.6) is 0 Å². The number of carboxylic acid groups (broad SMARTS) is 1. The number of hydrogen-bond donors (Lipinski definition) is 1. The lowest BCUT2D eigenvalue weighted by Crippen LogP contribution is -2.42. The van der Waals surface area contributed by atoms with Crippen molar-refractivity contribution in [2.45, 2.75) is 19.8 Å². The van der Waals surface area contributed by atoms with E-state index in [1.54, 1.807) is 36.1 Å². The van der Waals surface area contributed by atoms with Gasteiger partial charge in [0.15, 0.2) is 0 Å². The fraction of sp³-hybridized carbons (Fsp3) is 0.353. The van der Waals surface area contributed by atoms with E-state index in [0.29, 0.717) is 47.0 Å². The highest BCUT2D eigenvalue weighted by molar-refractivity contribution is 6.33. The van der Waals surface area contributed by atoms with Crippen LogP contribution in [0.15, 0.2) is 28.8 Å². The number of benzene rings is 1. The quantitative estimate of drug-likeness (QED) is 0.920. The first-order valence-corrected chi connectivity index (χ1v) is 8.10. The Labute approximate surface area is 144 Å². The summed E-state index contributed by atoms with van der Waals surface area (Å²) in [6.45, 7) is 2.38. The smallest absolute Gasteiger partial charge is 0.308 e. The highest BCUT2D eigenvalue weighted by atomic mass is 35.5. The monoisotopic (exact) mass is 348 g/mol. The third-order valence-corrected chi connectivity index (χ3v) is 4.59. The number of likely N-dealkylation sites (tertiary alicyclic amines) is 1. The van der Waals surface area contributed by atoms with Crippen molar-refractivity contribution in [1.82, 2.24) is 10.1 Å². The van der Waals surface area contributed by atoms with Gasteiger partial charge in [-0.1, -0.05) is 35.0 Å². The summed E-state index contributed by atoms with van der Waals surface area (Å²) in [4.78, 5) is 25.7. The van der Waals surface area contributed by atoms with Crippen molar-refractivity contribution >= 4 is 23.5 Å². The molecule has 1 fully saturated rings. The van der Waals surface area contributed by atoms with Crippen LogP contribution in [-0.2, 0) is 4.79 Å². The van der Waals surface area contributed by atoms with Gasteiger partial charge >= 0.3 is 5.97 Å². The first-order valence-electron chi connectivity index (χ1n) is 7.72. The summed E-state index contributed by atoms with van der Waals surface area (Å²) in [6.07, 6.45) is 1.24. The molecular formula is C17H17ClN2O4. The van der Waals surface area contributed by atoms with Gasteiger partial charge in [0.05, 0.1) is 10.9 Å². The second kappa shape index (κ2) is 6.65. The number of aromatic nitrogens is 1. The van der Waals surface area contributed by atoms with Crippen LogP contribution in [0.1, 0.15) is 29.0 Å². The Balaban J connectivity index is 1.95. The highest BCUT2D eigenvalue weighted by Gasteiger charge is 2.32. The van der Waals surface area contributed by atoms with E-state index in [4.69, 9.17) is 16.1 Å². The average molecular weight is 349 g/mol. The van der Waals surface area contributed by atoms with Crippen LogP contribution in [0.2, 0.25) is 5.02 Å². The van der Waals surface area contributed by atoms with Gasteiger partial charge in [-0.2, -0.15) is 0 Å². The first-order chi connectivity index (χ1) is 11.5. The summed E-state index contributed by atoms with van der Waals surface area (Å²) in [5, 5.41) is 13.7. The van der Waals surface area contributed by atoms with Crippen molar-refractivity contribution in [1.29, 1.82) is 0 Å². The van der Waals surface area contributed by atoms with Gasteiger partial charge in [-0.05, 0) is 25.8 Å². The zero-order valence-corrected chi connectivity index (χ0v) is 13.9. The summed E-state index contributed by atoms with van der Waals surface area (Å²) in [5.41, 5.74) is 1.35. The number of nitrogens with zero attached hydrogens (tertiary/aromatic N) is 2. The second-order valence-electron chi connectivity index (χ2n) is 5.87. The molecule has 1 aromatic heterocycles. The van der Waals surface area contributed by atoms with Crippen molar-refractivity contribution < 1.29 is 19.2 Å². The van der Waals surface area contributed by atoms with Gasteiger partial charge in [0.25, 0.3) is 5.91 Å². The van der Waals surface area contributed by atoms with Crippen LogP contribution in [0.25, 0.3) is 11.3 Å². The molecule has 1 aliphatic heterocycles. The van der Waals surface area contributed by atoms with Gasteiger partial charge < -0.3 is 14.5 Å². The van der Waals surface area contributed by atoms with Crippen molar-refractivity contribution in [2.75, 3.05) is 13.1 Å². The molecule has 6 nitrogen and oxygen atoms in total. The SMILES string of the molecule is Cc1onc(-c2ccccc2Cl)c1C(=O)N1CCC[C@H](C(=O)O)C1. The number of halogens is 1. The van der Waals surface area contributed by atoms with E-state index in [2.05, 4.69) is 5.16 Å². The van der Waals surface area contributed by atoms with Crippen LogP contribution in [0.4, 0.5) is 0 Å². The normalized spacial score (nSPS) is 17.8. The summed E-state index contributed by atoms with van der Waals surface area (Å²) in [6, 6.07) is 7.09. The lowest BCUT2D eigenvalue weighted by molar-refractivity contribution is -0.143. The molecule has 0 aliphatic carbocycles. The van der Waals surface area contributed by atoms with Gasteiger partial charge in [0, 0.05) is 18.7 Å². The van der Waals surface area contributed by atoms with E-state index in [0.717, 1.165) is 0 Å². The molecule has 7 heteroatoms. The molecule has 2 aromatic rings. The number of carbonyl (C=O) groups is 2. The van der Waals surface area contributed by atoms with Gasteiger partial charge in [-0.25, -0.2) is 0 Å². The zero-order chi connectivity index (χ0) is 17.3. The Kier molecular flexibility index (Phi) is 4.57. The molecule has 0 radical (unpaired) electrons. The standard InChI is InChI=1S/C17H17ClN2O4/c1-10-14(15(19-24-10)12-6-2-3-7-13(12)18)16(21)20-8-4-5-11(9-20)17(22)23/h2-3,6-7,11H,4-5,8-9H2,1H3,(H,22,23)/t11-/m0/s1. The number of hydrogen-bond acceptors (Lipinski definition) is 4. The van der Waals surface area contributed by atoms with Gasteiger partial charge in [-0.15, -0.1) is 0 Å². The molecule has 1 N–H and O–H groups in total. The molecule has 0 spiro atoms. The van der Waals surface area contributed by atoms with Crippen LogP contribution >= 0.6 is 11.6 Å². The largest absolute Gasteiger partial charge is 0.481 e. The minimum atomic E-state index is -0.874. The molecular weight excluding hydrogens is 332 g/mol. The maximum atomic E-state index is 12.9. The van der Waals surface area contributed by atoms with Crippen molar-refractivity contribution in [2.24, 2.45) is 5.92 Å². The minimum Gasteiger partial charge on any atom is -0.481 e. The maximum absolute atomic E-state index is 12.9. The summed E-state index contributed by atoms with van der Waals surface area (Å²) in [7, 11) is 0. The van der Waals surface area contributed by atoms with Crippen LogP contribution in [0.3, 0.4) is 0 Å². The summed E-state index contributed by atoms with van der Waals surface area (Å²) in [5.74, 6) is -1.28. The number of rotatable bonds is 3. The van der Waals surface area contributed by atoms with Crippen molar-refractivity contribution in [3.63, 3.8) is 0 Å².